The number of nitro benzene ring substituents is 1. The van der Waals surface area contributed by atoms with Gasteiger partial charge in [-0.25, -0.2) is 0 Å². The minimum Gasteiger partial charge on any atom is -0.346 e. The number of non-ortho nitro benzene ring substituents is 1. The summed E-state index contributed by atoms with van der Waals surface area (Å²) >= 11 is 3.53. The normalized spacial score (nSPS) is 11.0. The van der Waals surface area contributed by atoms with Crippen molar-refractivity contribution in [2.24, 2.45) is 7.05 Å². The fourth-order valence-electron chi connectivity index (χ4n) is 2.68. The first-order chi connectivity index (χ1) is 10.1. The van der Waals surface area contributed by atoms with Crippen molar-refractivity contribution in [2.75, 3.05) is 0 Å². The van der Waals surface area contributed by atoms with Gasteiger partial charge in [0, 0.05) is 46.7 Å². The summed E-state index contributed by atoms with van der Waals surface area (Å²) in [4.78, 5) is 10.7. The van der Waals surface area contributed by atoms with E-state index >= 15 is 0 Å². The second-order valence-electron chi connectivity index (χ2n) is 4.84. The van der Waals surface area contributed by atoms with E-state index in [9.17, 15) is 10.1 Å². The number of hydrogen-bond acceptors (Lipinski definition) is 2. The van der Waals surface area contributed by atoms with Gasteiger partial charge in [-0.05, 0) is 11.6 Å². The molecule has 5 heteroatoms. The van der Waals surface area contributed by atoms with Gasteiger partial charge in [0.15, 0.2) is 0 Å². The summed E-state index contributed by atoms with van der Waals surface area (Å²) in [5, 5.41) is 12.6. The van der Waals surface area contributed by atoms with E-state index < -0.39 is 0 Å². The predicted octanol–water partition coefficient (Wildman–Crippen LogP) is 4.65. The van der Waals surface area contributed by atoms with E-state index in [1.54, 1.807) is 12.1 Å². The van der Waals surface area contributed by atoms with Gasteiger partial charge in [0.1, 0.15) is 0 Å². The van der Waals surface area contributed by atoms with Crippen molar-refractivity contribution >= 4 is 32.5 Å². The highest BCUT2D eigenvalue weighted by atomic mass is 79.9. The average Bonchev–Trinajstić information content (AvgIpc) is 2.80. The molecule has 0 spiro atoms. The summed E-state index contributed by atoms with van der Waals surface area (Å²) in [7, 11) is 1.98. The van der Waals surface area contributed by atoms with Crippen LogP contribution in [0.3, 0.4) is 0 Å². The van der Waals surface area contributed by atoms with Crippen LogP contribution in [0.15, 0.2) is 48.5 Å². The lowest BCUT2D eigenvalue weighted by Crippen LogP contribution is -1.94. The molecule has 106 valence electrons. The van der Waals surface area contributed by atoms with Crippen molar-refractivity contribution in [1.29, 1.82) is 0 Å². The molecule has 1 heterocycles. The molecule has 3 aromatic rings. The van der Waals surface area contributed by atoms with Crippen molar-refractivity contribution in [3.63, 3.8) is 0 Å². The topological polar surface area (TPSA) is 48.1 Å². The van der Waals surface area contributed by atoms with Crippen molar-refractivity contribution in [3.05, 3.63) is 64.3 Å². The Bertz CT molecular complexity index is 825. The van der Waals surface area contributed by atoms with E-state index in [-0.39, 0.29) is 10.6 Å². The first-order valence-corrected chi connectivity index (χ1v) is 7.62. The summed E-state index contributed by atoms with van der Waals surface area (Å²) in [5.41, 5.74) is 4.34. The van der Waals surface area contributed by atoms with Crippen LogP contribution in [0.2, 0.25) is 0 Å². The Balaban J connectivity index is 2.39. The number of nitrogens with zero attached hydrogens (tertiary/aromatic N) is 2. The molecule has 3 rings (SSSR count). The fourth-order valence-corrected chi connectivity index (χ4v) is 3.34. The molecule has 0 N–H and O–H groups in total. The zero-order valence-corrected chi connectivity index (χ0v) is 13.0. The summed E-state index contributed by atoms with van der Waals surface area (Å²) < 4.78 is 2.08. The molecular weight excluding hydrogens is 332 g/mol. The number of alkyl halides is 1. The first kappa shape index (κ1) is 13.8. The van der Waals surface area contributed by atoms with Crippen LogP contribution in [0.4, 0.5) is 5.69 Å². The van der Waals surface area contributed by atoms with Crippen LogP contribution >= 0.6 is 15.9 Å². The fraction of sp³-hybridized carbons (Fsp3) is 0.125. The molecule has 0 saturated carbocycles. The minimum absolute atomic E-state index is 0.117. The van der Waals surface area contributed by atoms with Crippen molar-refractivity contribution < 1.29 is 4.92 Å². The maximum atomic E-state index is 11.0. The van der Waals surface area contributed by atoms with Gasteiger partial charge < -0.3 is 4.57 Å². The second-order valence-corrected chi connectivity index (χ2v) is 5.40. The third-order valence-corrected chi connectivity index (χ3v) is 4.24. The number of aromatic nitrogens is 1. The van der Waals surface area contributed by atoms with Gasteiger partial charge in [-0.2, -0.15) is 0 Å². The van der Waals surface area contributed by atoms with Crippen LogP contribution < -0.4 is 0 Å². The van der Waals surface area contributed by atoms with Gasteiger partial charge >= 0.3 is 0 Å². The van der Waals surface area contributed by atoms with Crippen LogP contribution in [0.5, 0.6) is 0 Å². The summed E-state index contributed by atoms with van der Waals surface area (Å²) in [5.74, 6) is 0. The average molecular weight is 345 g/mol. The Hall–Kier alpha value is -2.14. The maximum absolute atomic E-state index is 11.0. The molecule has 0 radical (unpaired) electrons. The zero-order chi connectivity index (χ0) is 15.0. The Morgan fingerprint density at radius 2 is 1.90 bits per heavy atom. The molecule has 0 amide bonds. The summed E-state index contributed by atoms with van der Waals surface area (Å²) in [6, 6.07) is 15.0. The van der Waals surface area contributed by atoms with Crippen LogP contribution in [0, 0.1) is 10.1 Å². The SMILES string of the molecule is Cn1c(CBr)c(-c2ccccc2)c2cc([N+](=O)[O-])ccc21. The molecule has 1 aromatic heterocycles. The lowest BCUT2D eigenvalue weighted by Gasteiger charge is -2.04. The lowest BCUT2D eigenvalue weighted by molar-refractivity contribution is -0.384. The Labute approximate surface area is 130 Å². The van der Waals surface area contributed by atoms with E-state index in [4.69, 9.17) is 0 Å². The monoisotopic (exact) mass is 344 g/mol. The standard InChI is InChI=1S/C16H13BrN2O2/c1-18-14-8-7-12(19(20)21)9-13(14)16(15(18)10-17)11-5-3-2-4-6-11/h2-9H,10H2,1H3. The number of aryl methyl sites for hydroxylation is 1. The van der Waals surface area contributed by atoms with Crippen molar-refractivity contribution in [2.45, 2.75) is 5.33 Å². The highest BCUT2D eigenvalue weighted by Crippen LogP contribution is 2.37. The van der Waals surface area contributed by atoms with Crippen LogP contribution in [-0.2, 0) is 12.4 Å². The molecule has 0 fully saturated rings. The summed E-state index contributed by atoms with van der Waals surface area (Å²) in [6.45, 7) is 0. The molecule has 4 nitrogen and oxygen atoms in total. The van der Waals surface area contributed by atoms with Crippen LogP contribution in [0.1, 0.15) is 5.69 Å². The number of nitro groups is 1. The number of fused-ring (bicyclic) bond motifs is 1. The lowest BCUT2D eigenvalue weighted by atomic mass is 10.0. The third kappa shape index (κ3) is 2.23. The van der Waals surface area contributed by atoms with Gasteiger partial charge in [-0.15, -0.1) is 0 Å². The number of benzene rings is 2. The molecule has 2 aromatic carbocycles. The van der Waals surface area contributed by atoms with Gasteiger partial charge in [-0.1, -0.05) is 46.3 Å². The quantitative estimate of drug-likeness (QED) is 0.394. The molecule has 0 aliphatic rings. The van der Waals surface area contributed by atoms with Gasteiger partial charge in [-0.3, -0.25) is 10.1 Å². The molecular formula is C16H13BrN2O2. The number of hydrogen-bond donors (Lipinski definition) is 0. The van der Waals surface area contributed by atoms with E-state index in [0.717, 1.165) is 27.7 Å². The Kier molecular flexibility index (Phi) is 3.51. The minimum atomic E-state index is -0.352. The van der Waals surface area contributed by atoms with Crippen molar-refractivity contribution in [1.82, 2.24) is 4.57 Å². The molecule has 0 bridgehead atoms. The van der Waals surface area contributed by atoms with Gasteiger partial charge in [0.05, 0.1) is 4.92 Å². The van der Waals surface area contributed by atoms with E-state index in [1.165, 1.54) is 0 Å². The molecule has 0 aliphatic carbocycles. The van der Waals surface area contributed by atoms with Crippen LogP contribution in [-0.4, -0.2) is 9.49 Å². The Morgan fingerprint density at radius 3 is 2.52 bits per heavy atom. The largest absolute Gasteiger partial charge is 0.346 e. The maximum Gasteiger partial charge on any atom is 0.270 e. The molecule has 0 atom stereocenters. The van der Waals surface area contributed by atoms with Gasteiger partial charge in [0.25, 0.3) is 5.69 Å². The zero-order valence-electron chi connectivity index (χ0n) is 11.4. The smallest absolute Gasteiger partial charge is 0.270 e. The van der Waals surface area contributed by atoms with E-state index in [1.807, 2.05) is 43.4 Å². The third-order valence-electron chi connectivity index (χ3n) is 3.70. The highest BCUT2D eigenvalue weighted by molar-refractivity contribution is 9.08. The van der Waals surface area contributed by atoms with E-state index in [2.05, 4.69) is 20.5 Å². The predicted molar refractivity (Wildman–Crippen MR) is 87.6 cm³/mol. The van der Waals surface area contributed by atoms with E-state index in [0.29, 0.717) is 5.33 Å². The van der Waals surface area contributed by atoms with Gasteiger partial charge in [0.2, 0.25) is 0 Å². The molecule has 0 aliphatic heterocycles. The Morgan fingerprint density at radius 1 is 1.19 bits per heavy atom. The van der Waals surface area contributed by atoms with Crippen molar-refractivity contribution in [3.8, 4) is 11.1 Å². The molecule has 21 heavy (non-hydrogen) atoms. The molecule has 0 unspecified atom stereocenters. The van der Waals surface area contributed by atoms with Crippen LogP contribution in [0.25, 0.3) is 22.0 Å². The first-order valence-electron chi connectivity index (χ1n) is 6.50. The number of rotatable bonds is 3. The molecule has 0 saturated heterocycles. The second kappa shape index (κ2) is 5.33. The number of halogens is 1. The highest BCUT2D eigenvalue weighted by Gasteiger charge is 2.18. The summed E-state index contributed by atoms with van der Waals surface area (Å²) in [6.07, 6.45) is 0.